The number of ether oxygens (including phenoxy) is 1. The van der Waals surface area contributed by atoms with Gasteiger partial charge in [0.25, 0.3) is 0 Å². The van der Waals surface area contributed by atoms with Crippen LogP contribution in [-0.2, 0) is 9.53 Å². The summed E-state index contributed by atoms with van der Waals surface area (Å²) in [6.07, 6.45) is 0.515. The quantitative estimate of drug-likeness (QED) is 0.489. The molecule has 0 heterocycles. The molecule has 0 aliphatic rings. The lowest BCUT2D eigenvalue weighted by Gasteiger charge is -2.21. The molecule has 2 N–H and O–H groups in total. The molecule has 0 amide bonds. The number of rotatable bonds is 6. The molecule has 1 aromatic carbocycles. The van der Waals surface area contributed by atoms with Crippen molar-refractivity contribution < 1.29 is 18.3 Å². The topological polar surface area (TPSA) is 52.3 Å². The van der Waals surface area contributed by atoms with Gasteiger partial charge in [0.15, 0.2) is 0 Å². The van der Waals surface area contributed by atoms with E-state index in [0.717, 1.165) is 17.8 Å². The van der Waals surface area contributed by atoms with E-state index < -0.39 is 22.9 Å². The summed E-state index contributed by atoms with van der Waals surface area (Å²) >= 11 is 1.01. The second-order valence-corrected chi connectivity index (χ2v) is 6.43. The van der Waals surface area contributed by atoms with Crippen LogP contribution in [0.4, 0.5) is 14.5 Å². The van der Waals surface area contributed by atoms with Crippen molar-refractivity contribution in [2.75, 3.05) is 5.73 Å². The third-order valence-corrected chi connectivity index (χ3v) is 4.59. The number of hydrogen-bond acceptors (Lipinski definition) is 4. The summed E-state index contributed by atoms with van der Waals surface area (Å²) in [7, 11) is 0. The summed E-state index contributed by atoms with van der Waals surface area (Å²) in [5.74, 6) is -1.99. The predicted molar refractivity (Wildman–Crippen MR) is 81.1 cm³/mol. The fourth-order valence-corrected chi connectivity index (χ4v) is 2.64. The van der Waals surface area contributed by atoms with E-state index >= 15 is 0 Å². The Hall–Kier alpha value is -1.30. The maximum Gasteiger partial charge on any atom is 0.319 e. The summed E-state index contributed by atoms with van der Waals surface area (Å²) in [5.41, 5.74) is 5.31. The van der Waals surface area contributed by atoms with E-state index in [4.69, 9.17) is 10.5 Å². The van der Waals surface area contributed by atoms with E-state index in [9.17, 15) is 13.6 Å². The van der Waals surface area contributed by atoms with Gasteiger partial charge in [0.1, 0.15) is 16.9 Å². The number of carbonyl (C=O) groups is 1. The van der Waals surface area contributed by atoms with Crippen LogP contribution in [0.15, 0.2) is 17.0 Å². The van der Waals surface area contributed by atoms with Gasteiger partial charge in [-0.2, -0.15) is 0 Å². The minimum Gasteiger partial charge on any atom is -0.462 e. The van der Waals surface area contributed by atoms with Crippen LogP contribution >= 0.6 is 11.8 Å². The molecule has 0 saturated carbocycles. The fraction of sp³-hybridized carbons (Fsp3) is 0.533. The summed E-state index contributed by atoms with van der Waals surface area (Å²) in [6, 6.07) is 1.94. The van der Waals surface area contributed by atoms with Crippen molar-refractivity contribution in [2.45, 2.75) is 50.4 Å². The highest BCUT2D eigenvalue weighted by atomic mass is 32.2. The van der Waals surface area contributed by atoms with E-state index in [1.165, 1.54) is 6.07 Å². The SMILES string of the molecule is CCC(C)OC(=O)C(Sc1cc(N)c(F)cc1F)C(C)C. The molecule has 0 saturated heterocycles. The minimum atomic E-state index is -0.805. The molecule has 0 aromatic heterocycles. The Labute approximate surface area is 128 Å². The highest BCUT2D eigenvalue weighted by Crippen LogP contribution is 2.33. The first-order valence-corrected chi connectivity index (χ1v) is 7.75. The molecular weight excluding hydrogens is 296 g/mol. The summed E-state index contributed by atoms with van der Waals surface area (Å²) in [4.78, 5) is 12.3. The van der Waals surface area contributed by atoms with Gasteiger partial charge < -0.3 is 10.5 Å². The zero-order valence-electron chi connectivity index (χ0n) is 12.7. The molecule has 3 nitrogen and oxygen atoms in total. The average molecular weight is 317 g/mol. The van der Waals surface area contributed by atoms with E-state index in [-0.39, 0.29) is 22.6 Å². The molecule has 0 fully saturated rings. The van der Waals surface area contributed by atoms with Crippen LogP contribution in [0.25, 0.3) is 0 Å². The number of anilines is 1. The lowest BCUT2D eigenvalue weighted by molar-refractivity contribution is -0.148. The van der Waals surface area contributed by atoms with Crippen molar-refractivity contribution >= 4 is 23.4 Å². The summed E-state index contributed by atoms with van der Waals surface area (Å²) < 4.78 is 32.2. The van der Waals surface area contributed by atoms with Crippen molar-refractivity contribution in [3.05, 3.63) is 23.8 Å². The van der Waals surface area contributed by atoms with Crippen molar-refractivity contribution in [2.24, 2.45) is 5.92 Å². The van der Waals surface area contributed by atoms with Crippen LogP contribution < -0.4 is 5.73 Å². The molecule has 118 valence electrons. The maximum atomic E-state index is 13.8. The van der Waals surface area contributed by atoms with Gasteiger partial charge in [0.05, 0.1) is 11.8 Å². The van der Waals surface area contributed by atoms with Crippen molar-refractivity contribution in [1.29, 1.82) is 0 Å². The number of halogens is 2. The number of esters is 1. The molecule has 6 heteroatoms. The lowest BCUT2D eigenvalue weighted by Crippen LogP contribution is -2.28. The normalized spacial score (nSPS) is 14.0. The molecule has 0 aliphatic heterocycles. The number of thioether (sulfide) groups is 1. The van der Waals surface area contributed by atoms with E-state index in [1.807, 2.05) is 20.8 Å². The zero-order valence-corrected chi connectivity index (χ0v) is 13.5. The first-order chi connectivity index (χ1) is 9.76. The highest BCUT2D eigenvalue weighted by Gasteiger charge is 2.27. The van der Waals surface area contributed by atoms with Gasteiger partial charge >= 0.3 is 5.97 Å². The average Bonchev–Trinajstić information content (AvgIpc) is 2.40. The Morgan fingerprint density at radius 1 is 1.29 bits per heavy atom. The maximum absolute atomic E-state index is 13.8. The first kappa shape index (κ1) is 17.8. The molecule has 0 radical (unpaired) electrons. The predicted octanol–water partition coefficient (Wildman–Crippen LogP) is 4.01. The lowest BCUT2D eigenvalue weighted by atomic mass is 10.1. The van der Waals surface area contributed by atoms with Crippen LogP contribution in [-0.4, -0.2) is 17.3 Å². The molecule has 0 bridgehead atoms. The summed E-state index contributed by atoms with van der Waals surface area (Å²) in [5, 5.41) is -0.571. The monoisotopic (exact) mass is 317 g/mol. The highest BCUT2D eigenvalue weighted by molar-refractivity contribution is 8.00. The number of hydrogen-bond donors (Lipinski definition) is 1. The smallest absolute Gasteiger partial charge is 0.319 e. The van der Waals surface area contributed by atoms with Gasteiger partial charge in [-0.25, -0.2) is 8.78 Å². The van der Waals surface area contributed by atoms with Gasteiger partial charge in [-0.15, -0.1) is 11.8 Å². The fourth-order valence-electron chi connectivity index (χ4n) is 1.58. The number of nitrogen functional groups attached to an aromatic ring is 1. The molecule has 1 rings (SSSR count). The van der Waals surface area contributed by atoms with Crippen molar-refractivity contribution in [1.82, 2.24) is 0 Å². The standard InChI is InChI=1S/C15H21F2NO2S/c1-5-9(4)20-15(19)14(8(2)3)21-13-7-12(18)10(16)6-11(13)17/h6-9,14H,5,18H2,1-4H3. The molecular formula is C15H21F2NO2S. The van der Waals surface area contributed by atoms with Crippen LogP contribution in [0.5, 0.6) is 0 Å². The van der Waals surface area contributed by atoms with Gasteiger partial charge in [-0.05, 0) is 25.3 Å². The second-order valence-electron chi connectivity index (χ2n) is 5.24. The molecule has 0 aliphatic carbocycles. The molecule has 2 atom stereocenters. The Balaban J connectivity index is 2.94. The summed E-state index contributed by atoms with van der Waals surface area (Å²) in [6.45, 7) is 7.41. The van der Waals surface area contributed by atoms with Crippen LogP contribution in [0, 0.1) is 17.6 Å². The Morgan fingerprint density at radius 2 is 1.90 bits per heavy atom. The van der Waals surface area contributed by atoms with E-state index in [0.29, 0.717) is 6.42 Å². The molecule has 0 spiro atoms. The van der Waals surface area contributed by atoms with Crippen LogP contribution in [0.1, 0.15) is 34.1 Å². The first-order valence-electron chi connectivity index (χ1n) is 6.87. The number of nitrogens with two attached hydrogens (primary N) is 1. The molecule has 1 aromatic rings. The Bertz CT molecular complexity index is 509. The van der Waals surface area contributed by atoms with Gasteiger partial charge in [-0.3, -0.25) is 4.79 Å². The van der Waals surface area contributed by atoms with Crippen LogP contribution in [0.2, 0.25) is 0 Å². The number of benzene rings is 1. The molecule has 21 heavy (non-hydrogen) atoms. The number of carbonyl (C=O) groups excluding carboxylic acids is 1. The Kier molecular flexibility index (Phi) is 6.45. The van der Waals surface area contributed by atoms with Gasteiger partial charge in [0.2, 0.25) is 0 Å². The third kappa shape index (κ3) is 4.88. The van der Waals surface area contributed by atoms with Crippen LogP contribution in [0.3, 0.4) is 0 Å². The van der Waals surface area contributed by atoms with Gasteiger partial charge in [0, 0.05) is 11.0 Å². The second kappa shape index (κ2) is 7.64. The largest absolute Gasteiger partial charge is 0.462 e. The van der Waals surface area contributed by atoms with E-state index in [2.05, 4.69) is 0 Å². The van der Waals surface area contributed by atoms with E-state index in [1.54, 1.807) is 6.92 Å². The minimum absolute atomic E-state index is 0.0581. The zero-order chi connectivity index (χ0) is 16.2. The third-order valence-electron chi connectivity index (χ3n) is 3.04. The van der Waals surface area contributed by atoms with Crippen molar-refractivity contribution in [3.63, 3.8) is 0 Å². The van der Waals surface area contributed by atoms with Gasteiger partial charge in [-0.1, -0.05) is 20.8 Å². The molecule has 2 unspecified atom stereocenters. The van der Waals surface area contributed by atoms with Crippen molar-refractivity contribution in [3.8, 4) is 0 Å². The Morgan fingerprint density at radius 3 is 2.43 bits per heavy atom.